The van der Waals surface area contributed by atoms with Crippen LogP contribution < -0.4 is 5.32 Å². The smallest absolute Gasteiger partial charge is 0.323 e. The van der Waals surface area contributed by atoms with Crippen LogP contribution in [0.2, 0.25) is 0 Å². The Kier molecular flexibility index (Phi) is 4.73. The molecule has 0 amide bonds. The van der Waals surface area contributed by atoms with Crippen LogP contribution in [0.15, 0.2) is 30.3 Å². The molecule has 0 radical (unpaired) electrons. The van der Waals surface area contributed by atoms with Crippen molar-refractivity contribution in [2.75, 3.05) is 6.61 Å². The normalized spacial score (nSPS) is 21.4. The second kappa shape index (κ2) is 6.52. The van der Waals surface area contributed by atoms with E-state index in [4.69, 9.17) is 4.74 Å². The minimum atomic E-state index is -0.835. The van der Waals surface area contributed by atoms with Gasteiger partial charge in [0.25, 0.3) is 0 Å². The van der Waals surface area contributed by atoms with E-state index in [9.17, 15) is 9.90 Å². The Morgan fingerprint density at radius 2 is 2.17 bits per heavy atom. The fourth-order valence-electron chi connectivity index (χ4n) is 2.23. The van der Waals surface area contributed by atoms with Gasteiger partial charge in [0.05, 0.1) is 6.10 Å². The molecule has 2 unspecified atom stereocenters. The van der Waals surface area contributed by atoms with Gasteiger partial charge < -0.3 is 9.84 Å². The summed E-state index contributed by atoms with van der Waals surface area (Å²) < 4.78 is 5.55. The molecular formula is C14H19NO3. The molecular weight excluding hydrogens is 230 g/mol. The molecule has 1 saturated heterocycles. The summed E-state index contributed by atoms with van der Waals surface area (Å²) in [6.45, 7) is 1.22. The van der Waals surface area contributed by atoms with Crippen molar-refractivity contribution in [3.05, 3.63) is 35.9 Å². The highest BCUT2D eigenvalue weighted by Crippen LogP contribution is 2.16. The lowest BCUT2D eigenvalue weighted by atomic mass is 10.0. The molecule has 18 heavy (non-hydrogen) atoms. The van der Waals surface area contributed by atoms with Crippen molar-refractivity contribution in [3.63, 3.8) is 0 Å². The topological polar surface area (TPSA) is 58.6 Å². The second-order valence-corrected chi connectivity index (χ2v) is 4.59. The van der Waals surface area contributed by atoms with Crippen molar-refractivity contribution in [2.24, 2.45) is 0 Å². The first-order valence-corrected chi connectivity index (χ1v) is 6.39. The second-order valence-electron chi connectivity index (χ2n) is 4.59. The van der Waals surface area contributed by atoms with E-state index >= 15 is 0 Å². The van der Waals surface area contributed by atoms with E-state index in [1.807, 2.05) is 30.3 Å². The van der Waals surface area contributed by atoms with E-state index in [-0.39, 0.29) is 6.10 Å². The molecule has 98 valence electrons. The van der Waals surface area contributed by atoms with Gasteiger partial charge in [0.15, 0.2) is 0 Å². The van der Waals surface area contributed by atoms with Gasteiger partial charge in [-0.1, -0.05) is 30.3 Å². The van der Waals surface area contributed by atoms with Crippen LogP contribution in [0.1, 0.15) is 24.8 Å². The van der Waals surface area contributed by atoms with Gasteiger partial charge in [-0.25, -0.2) is 0 Å². The Labute approximate surface area is 107 Å². The van der Waals surface area contributed by atoms with Gasteiger partial charge in [-0.05, 0) is 24.8 Å². The van der Waals surface area contributed by atoms with E-state index in [2.05, 4.69) is 5.32 Å². The minimum Gasteiger partial charge on any atom is -0.480 e. The molecule has 1 heterocycles. The summed E-state index contributed by atoms with van der Waals surface area (Å²) >= 11 is 0. The van der Waals surface area contributed by atoms with Crippen LogP contribution >= 0.6 is 0 Å². The third-order valence-corrected chi connectivity index (χ3v) is 3.22. The third-order valence-electron chi connectivity index (χ3n) is 3.22. The molecule has 0 spiro atoms. The van der Waals surface area contributed by atoms with E-state index in [0.29, 0.717) is 13.2 Å². The van der Waals surface area contributed by atoms with Gasteiger partial charge in [0, 0.05) is 13.2 Å². The molecule has 1 aliphatic heterocycles. The lowest BCUT2D eigenvalue weighted by Crippen LogP contribution is -2.48. The van der Waals surface area contributed by atoms with Crippen LogP contribution in [0.25, 0.3) is 0 Å². The van der Waals surface area contributed by atoms with Gasteiger partial charge in [0.1, 0.15) is 6.04 Å². The summed E-state index contributed by atoms with van der Waals surface area (Å²) in [5.41, 5.74) is 1.08. The Morgan fingerprint density at radius 3 is 2.78 bits per heavy atom. The Balaban J connectivity index is 1.92. The first-order chi connectivity index (χ1) is 8.77. The van der Waals surface area contributed by atoms with Crippen LogP contribution in [0.3, 0.4) is 0 Å². The average molecular weight is 249 g/mol. The fraction of sp³-hybridized carbons (Fsp3) is 0.500. The molecule has 2 N–H and O–H groups in total. The van der Waals surface area contributed by atoms with Crippen LogP contribution in [0.5, 0.6) is 0 Å². The predicted molar refractivity (Wildman–Crippen MR) is 68.3 cm³/mol. The highest BCUT2D eigenvalue weighted by Gasteiger charge is 2.29. The van der Waals surface area contributed by atoms with E-state index < -0.39 is 12.0 Å². The van der Waals surface area contributed by atoms with Crippen molar-refractivity contribution >= 4 is 5.97 Å². The molecule has 4 nitrogen and oxygen atoms in total. The first-order valence-electron chi connectivity index (χ1n) is 6.39. The maximum Gasteiger partial charge on any atom is 0.323 e. The SMILES string of the molecule is O=C(O)C(NCc1ccccc1)C1CCCCO1. The number of ether oxygens (including phenoxy) is 1. The van der Waals surface area contributed by atoms with Gasteiger partial charge in [-0.15, -0.1) is 0 Å². The van der Waals surface area contributed by atoms with Crippen LogP contribution in [0.4, 0.5) is 0 Å². The maximum absolute atomic E-state index is 11.3. The lowest BCUT2D eigenvalue weighted by Gasteiger charge is -2.28. The molecule has 2 rings (SSSR count). The summed E-state index contributed by atoms with van der Waals surface area (Å²) in [7, 11) is 0. The van der Waals surface area contributed by atoms with Crippen LogP contribution in [0, 0.1) is 0 Å². The zero-order chi connectivity index (χ0) is 12.8. The molecule has 1 aromatic rings. The highest BCUT2D eigenvalue weighted by molar-refractivity contribution is 5.74. The van der Waals surface area contributed by atoms with E-state index in [0.717, 1.165) is 24.8 Å². The largest absolute Gasteiger partial charge is 0.480 e. The highest BCUT2D eigenvalue weighted by atomic mass is 16.5. The Hall–Kier alpha value is -1.39. The number of carboxylic acid groups (broad SMARTS) is 1. The standard InChI is InChI=1S/C14H19NO3/c16-14(17)13(12-8-4-5-9-18-12)15-10-11-6-2-1-3-7-11/h1-3,6-7,12-13,15H,4-5,8-10H2,(H,16,17). The van der Waals surface area contributed by atoms with Gasteiger partial charge in [0.2, 0.25) is 0 Å². The first kappa shape index (κ1) is 13.1. The average Bonchev–Trinajstić information content (AvgIpc) is 2.41. The van der Waals surface area contributed by atoms with Crippen molar-refractivity contribution in [1.82, 2.24) is 5.32 Å². The van der Waals surface area contributed by atoms with Crippen molar-refractivity contribution in [3.8, 4) is 0 Å². The number of hydrogen-bond donors (Lipinski definition) is 2. The Bertz CT molecular complexity index is 374. The van der Waals surface area contributed by atoms with Crippen LogP contribution in [-0.2, 0) is 16.1 Å². The molecule has 0 saturated carbocycles. The number of carboxylic acids is 1. The number of benzene rings is 1. The zero-order valence-corrected chi connectivity index (χ0v) is 10.3. The fourth-order valence-corrected chi connectivity index (χ4v) is 2.23. The van der Waals surface area contributed by atoms with Gasteiger partial charge >= 0.3 is 5.97 Å². The zero-order valence-electron chi connectivity index (χ0n) is 10.3. The summed E-state index contributed by atoms with van der Waals surface area (Å²) in [5.74, 6) is -0.835. The van der Waals surface area contributed by atoms with E-state index in [1.54, 1.807) is 0 Å². The minimum absolute atomic E-state index is 0.208. The summed E-state index contributed by atoms with van der Waals surface area (Å²) in [6.07, 6.45) is 2.68. The molecule has 1 fully saturated rings. The van der Waals surface area contributed by atoms with Gasteiger partial charge in [-0.2, -0.15) is 0 Å². The van der Waals surface area contributed by atoms with Crippen molar-refractivity contribution < 1.29 is 14.6 Å². The Morgan fingerprint density at radius 1 is 1.39 bits per heavy atom. The molecule has 1 aromatic carbocycles. The van der Waals surface area contributed by atoms with Crippen molar-refractivity contribution in [1.29, 1.82) is 0 Å². The lowest BCUT2D eigenvalue weighted by molar-refractivity contribution is -0.145. The monoisotopic (exact) mass is 249 g/mol. The quantitative estimate of drug-likeness (QED) is 0.835. The van der Waals surface area contributed by atoms with Crippen molar-refractivity contribution in [2.45, 2.75) is 38.0 Å². The summed E-state index contributed by atoms with van der Waals surface area (Å²) in [6, 6.07) is 9.18. The van der Waals surface area contributed by atoms with E-state index in [1.165, 1.54) is 0 Å². The number of aliphatic carboxylic acids is 1. The number of nitrogens with one attached hydrogen (secondary N) is 1. The molecule has 0 aliphatic carbocycles. The maximum atomic E-state index is 11.3. The third kappa shape index (κ3) is 3.55. The van der Waals surface area contributed by atoms with Crippen LogP contribution in [-0.4, -0.2) is 29.8 Å². The molecule has 2 atom stereocenters. The molecule has 1 aliphatic rings. The number of rotatable bonds is 5. The molecule has 0 bridgehead atoms. The molecule has 0 aromatic heterocycles. The number of carbonyl (C=O) groups is 1. The van der Waals surface area contributed by atoms with Gasteiger partial charge in [-0.3, -0.25) is 10.1 Å². The summed E-state index contributed by atoms with van der Waals surface area (Å²) in [5, 5.41) is 12.3. The molecule has 4 heteroatoms. The number of hydrogen-bond acceptors (Lipinski definition) is 3. The predicted octanol–water partition coefficient (Wildman–Crippen LogP) is 1.80. The summed E-state index contributed by atoms with van der Waals surface area (Å²) in [4.78, 5) is 11.3.